The van der Waals surface area contributed by atoms with E-state index in [0.717, 1.165) is 38.5 Å². The number of carbonyl (C=O) groups is 4. The predicted octanol–water partition coefficient (Wildman–Crippen LogP) is 8.40. The fraction of sp³-hybridized carbons (Fsp3) is 0.886. The number of ether oxygens (including phenoxy) is 1. The molecule has 0 saturated heterocycles. The quantitative estimate of drug-likeness (QED) is 0.0519. The van der Waals surface area contributed by atoms with Crippen LogP contribution in [0.2, 0.25) is 0 Å². The molecule has 2 amide bonds. The predicted molar refractivity (Wildman–Crippen MR) is 175 cm³/mol. The van der Waals surface area contributed by atoms with E-state index in [1.807, 2.05) is 0 Å². The largest absolute Gasteiger partial charge is 0.481 e. The van der Waals surface area contributed by atoms with Crippen LogP contribution in [-0.4, -0.2) is 48.1 Å². The van der Waals surface area contributed by atoms with Crippen molar-refractivity contribution in [1.82, 2.24) is 10.6 Å². The zero-order chi connectivity index (χ0) is 31.8. The van der Waals surface area contributed by atoms with E-state index in [4.69, 9.17) is 9.84 Å². The van der Waals surface area contributed by atoms with Crippen molar-refractivity contribution in [2.45, 2.75) is 187 Å². The lowest BCUT2D eigenvalue weighted by Gasteiger charge is -2.18. The number of hydrogen-bond acceptors (Lipinski definition) is 5. The molecular formula is C35H66N2O6. The van der Waals surface area contributed by atoms with Gasteiger partial charge in [0, 0.05) is 19.4 Å². The van der Waals surface area contributed by atoms with Crippen LogP contribution in [0.5, 0.6) is 0 Å². The Hall–Kier alpha value is -2.12. The zero-order valence-electron chi connectivity index (χ0n) is 27.9. The first kappa shape index (κ1) is 40.9. The number of carboxylic acid groups (broad SMARTS) is 1. The van der Waals surface area contributed by atoms with Crippen LogP contribution in [0.25, 0.3) is 0 Å². The van der Waals surface area contributed by atoms with Crippen LogP contribution in [0, 0.1) is 0 Å². The molecule has 0 heterocycles. The Morgan fingerprint density at radius 1 is 0.558 bits per heavy atom. The van der Waals surface area contributed by atoms with Gasteiger partial charge in [-0.15, -0.1) is 0 Å². The monoisotopic (exact) mass is 610 g/mol. The van der Waals surface area contributed by atoms with Crippen molar-refractivity contribution in [3.63, 3.8) is 0 Å². The molecule has 0 radical (unpaired) electrons. The summed E-state index contributed by atoms with van der Waals surface area (Å²) in [4.78, 5) is 48.0. The van der Waals surface area contributed by atoms with Gasteiger partial charge in [-0.25, -0.2) is 0 Å². The summed E-state index contributed by atoms with van der Waals surface area (Å²) in [5, 5.41) is 14.2. The van der Waals surface area contributed by atoms with Crippen molar-refractivity contribution in [3.8, 4) is 0 Å². The van der Waals surface area contributed by atoms with Gasteiger partial charge >= 0.3 is 11.9 Å². The molecule has 1 unspecified atom stereocenters. The lowest BCUT2D eigenvalue weighted by atomic mass is 10.1. The topological polar surface area (TPSA) is 122 Å². The molecule has 0 aliphatic carbocycles. The molecule has 252 valence electrons. The first-order valence-electron chi connectivity index (χ1n) is 17.8. The van der Waals surface area contributed by atoms with Gasteiger partial charge in [0.05, 0.1) is 6.42 Å². The van der Waals surface area contributed by atoms with Crippen LogP contribution in [0.3, 0.4) is 0 Å². The maximum atomic E-state index is 12.8. The van der Waals surface area contributed by atoms with Crippen LogP contribution in [0.15, 0.2) is 0 Å². The van der Waals surface area contributed by atoms with E-state index in [0.29, 0.717) is 6.54 Å². The minimum Gasteiger partial charge on any atom is -0.481 e. The van der Waals surface area contributed by atoms with Crippen LogP contribution in [-0.2, 0) is 23.9 Å². The summed E-state index contributed by atoms with van der Waals surface area (Å²) in [6, 6.07) is -1.03. The molecule has 0 aromatic heterocycles. The highest BCUT2D eigenvalue weighted by Gasteiger charge is 2.22. The van der Waals surface area contributed by atoms with E-state index in [-0.39, 0.29) is 31.8 Å². The second-order valence-electron chi connectivity index (χ2n) is 12.2. The lowest BCUT2D eigenvalue weighted by Crippen LogP contribution is -2.50. The summed E-state index contributed by atoms with van der Waals surface area (Å²) in [7, 11) is 0. The van der Waals surface area contributed by atoms with Gasteiger partial charge in [-0.2, -0.15) is 0 Å². The molecule has 0 spiro atoms. The molecule has 0 aromatic rings. The maximum Gasteiger partial charge on any atom is 0.305 e. The molecule has 8 heteroatoms. The summed E-state index contributed by atoms with van der Waals surface area (Å²) in [5.41, 5.74) is 0. The molecule has 0 fully saturated rings. The van der Waals surface area contributed by atoms with Crippen molar-refractivity contribution in [2.24, 2.45) is 0 Å². The Balaban J connectivity index is 4.16. The first-order chi connectivity index (χ1) is 20.9. The minimum absolute atomic E-state index is 0.232. The minimum atomic E-state index is -1.08. The highest BCUT2D eigenvalue weighted by atomic mass is 16.5. The molecule has 0 aliphatic heterocycles. The molecule has 43 heavy (non-hydrogen) atoms. The number of carbonyl (C=O) groups excluding carboxylic acids is 3. The van der Waals surface area contributed by atoms with Crippen molar-refractivity contribution < 1.29 is 29.0 Å². The summed E-state index contributed by atoms with van der Waals surface area (Å²) in [5.74, 6) is -2.42. The van der Waals surface area contributed by atoms with E-state index < -0.39 is 23.8 Å². The fourth-order valence-corrected chi connectivity index (χ4v) is 5.15. The Kier molecular flexibility index (Phi) is 29.8. The standard InChI is InChI=1S/C35H66N2O6/c1-3-5-7-9-11-13-15-17-19-21-23-25-29-36-35(42)31(37-32(38)27-28-33(39)40)30-43-34(41)26-24-22-20-18-16-14-12-10-8-6-4-2/h31H,3-30H2,1-2H3,(H,36,42)(H,37,38)(H,39,40). The normalized spacial score (nSPS) is 11.7. The third-order valence-corrected chi connectivity index (χ3v) is 7.94. The number of rotatable bonds is 32. The Morgan fingerprint density at radius 2 is 0.977 bits per heavy atom. The van der Waals surface area contributed by atoms with Crippen LogP contribution in [0.4, 0.5) is 0 Å². The molecule has 1 atom stereocenters. The van der Waals surface area contributed by atoms with Gasteiger partial charge in [0.1, 0.15) is 12.6 Å². The average molecular weight is 611 g/mol. The molecule has 0 bridgehead atoms. The van der Waals surface area contributed by atoms with Gasteiger partial charge in [0.15, 0.2) is 0 Å². The number of carboxylic acids is 1. The molecule has 0 saturated carbocycles. The van der Waals surface area contributed by atoms with Gasteiger partial charge < -0.3 is 20.5 Å². The summed E-state index contributed by atoms with van der Waals surface area (Å²) in [6.45, 7) is 4.71. The Labute approximate surface area is 263 Å². The highest BCUT2D eigenvalue weighted by Crippen LogP contribution is 2.13. The van der Waals surface area contributed by atoms with E-state index >= 15 is 0 Å². The van der Waals surface area contributed by atoms with Crippen LogP contribution >= 0.6 is 0 Å². The highest BCUT2D eigenvalue weighted by molar-refractivity contribution is 5.89. The molecule has 8 nitrogen and oxygen atoms in total. The number of unbranched alkanes of at least 4 members (excludes halogenated alkanes) is 21. The van der Waals surface area contributed by atoms with E-state index in [1.165, 1.54) is 109 Å². The van der Waals surface area contributed by atoms with Crippen LogP contribution in [0.1, 0.15) is 181 Å². The number of hydrogen-bond donors (Lipinski definition) is 3. The molecule has 0 aliphatic rings. The Bertz CT molecular complexity index is 700. The molecular weight excluding hydrogens is 544 g/mol. The fourth-order valence-electron chi connectivity index (χ4n) is 5.15. The SMILES string of the molecule is CCCCCCCCCCCCCCNC(=O)C(COC(=O)CCCCCCCCCCCCC)NC(=O)CCC(=O)O. The smallest absolute Gasteiger partial charge is 0.305 e. The molecule has 3 N–H and O–H groups in total. The third-order valence-electron chi connectivity index (χ3n) is 7.94. The molecule has 0 rings (SSSR count). The summed E-state index contributed by atoms with van der Waals surface area (Å²) >= 11 is 0. The lowest BCUT2D eigenvalue weighted by molar-refractivity contribution is -0.146. The van der Waals surface area contributed by atoms with Crippen LogP contribution < -0.4 is 10.6 Å². The Morgan fingerprint density at radius 3 is 1.42 bits per heavy atom. The number of nitrogens with one attached hydrogen (secondary N) is 2. The number of amides is 2. The van der Waals surface area contributed by atoms with E-state index in [1.54, 1.807) is 0 Å². The summed E-state index contributed by atoms with van der Waals surface area (Å²) < 4.78 is 5.33. The van der Waals surface area contributed by atoms with Crippen molar-refractivity contribution in [1.29, 1.82) is 0 Å². The van der Waals surface area contributed by atoms with Crippen molar-refractivity contribution >= 4 is 23.8 Å². The second-order valence-corrected chi connectivity index (χ2v) is 12.2. The van der Waals surface area contributed by atoms with Gasteiger partial charge in [-0.3, -0.25) is 19.2 Å². The number of aliphatic carboxylic acids is 1. The van der Waals surface area contributed by atoms with Crippen molar-refractivity contribution in [2.75, 3.05) is 13.2 Å². The average Bonchev–Trinajstić information content (AvgIpc) is 2.99. The van der Waals surface area contributed by atoms with Crippen molar-refractivity contribution in [3.05, 3.63) is 0 Å². The van der Waals surface area contributed by atoms with Gasteiger partial charge in [-0.1, -0.05) is 149 Å². The van der Waals surface area contributed by atoms with E-state index in [2.05, 4.69) is 24.5 Å². The second kappa shape index (κ2) is 31.3. The number of esters is 1. The zero-order valence-corrected chi connectivity index (χ0v) is 27.9. The summed E-state index contributed by atoms with van der Waals surface area (Å²) in [6.07, 6.45) is 27.7. The maximum absolute atomic E-state index is 12.8. The van der Waals surface area contributed by atoms with E-state index in [9.17, 15) is 19.2 Å². The molecule has 0 aromatic carbocycles. The van der Waals surface area contributed by atoms with Gasteiger partial charge in [0.2, 0.25) is 11.8 Å². The van der Waals surface area contributed by atoms with Gasteiger partial charge in [-0.05, 0) is 12.8 Å². The third kappa shape index (κ3) is 29.7. The van der Waals surface area contributed by atoms with Gasteiger partial charge in [0.25, 0.3) is 0 Å². The first-order valence-corrected chi connectivity index (χ1v) is 17.8.